The lowest BCUT2D eigenvalue weighted by Crippen LogP contribution is -2.24. The van der Waals surface area contributed by atoms with Crippen molar-refractivity contribution < 1.29 is 5.11 Å². The van der Waals surface area contributed by atoms with Gasteiger partial charge in [-0.05, 0) is 38.4 Å². The number of rotatable bonds is 6. The van der Waals surface area contributed by atoms with E-state index >= 15 is 0 Å². The van der Waals surface area contributed by atoms with E-state index in [0.717, 1.165) is 38.2 Å². The molecule has 1 aromatic carbocycles. The molecule has 0 spiro atoms. The summed E-state index contributed by atoms with van der Waals surface area (Å²) in [7, 11) is 0. The van der Waals surface area contributed by atoms with E-state index in [4.69, 9.17) is 5.73 Å². The van der Waals surface area contributed by atoms with Crippen molar-refractivity contribution in [3.63, 3.8) is 0 Å². The molecule has 0 saturated heterocycles. The number of aromatic hydroxyl groups is 1. The molecule has 0 bridgehead atoms. The largest absolute Gasteiger partial charge is 0.508 e. The Morgan fingerprint density at radius 1 is 1.33 bits per heavy atom. The molecule has 84 valence electrons. The van der Waals surface area contributed by atoms with Crippen molar-refractivity contribution in [1.29, 1.82) is 0 Å². The lowest BCUT2D eigenvalue weighted by molar-refractivity contribution is 0.475. The summed E-state index contributed by atoms with van der Waals surface area (Å²) in [5.41, 5.74) is 6.54. The first-order valence-electron chi connectivity index (χ1n) is 5.52. The van der Waals surface area contributed by atoms with E-state index in [-0.39, 0.29) is 0 Å². The zero-order chi connectivity index (χ0) is 11.1. The van der Waals surface area contributed by atoms with Gasteiger partial charge in [-0.1, -0.05) is 6.07 Å². The van der Waals surface area contributed by atoms with Crippen molar-refractivity contribution >= 4 is 5.69 Å². The van der Waals surface area contributed by atoms with E-state index in [1.54, 1.807) is 12.1 Å². The highest BCUT2D eigenvalue weighted by Gasteiger charge is 2.03. The molecule has 0 aliphatic heterocycles. The van der Waals surface area contributed by atoms with Crippen molar-refractivity contribution in [1.82, 2.24) is 0 Å². The molecule has 15 heavy (non-hydrogen) atoms. The number of anilines is 1. The Labute approximate surface area is 91.5 Å². The number of nitrogens with two attached hydrogens (primary N) is 1. The number of phenols is 1. The van der Waals surface area contributed by atoms with Crippen LogP contribution in [0.3, 0.4) is 0 Å². The Hall–Kier alpha value is -1.22. The molecular weight excluding hydrogens is 188 g/mol. The van der Waals surface area contributed by atoms with Crippen LogP contribution in [-0.2, 0) is 0 Å². The van der Waals surface area contributed by atoms with E-state index < -0.39 is 0 Å². The zero-order valence-electron chi connectivity index (χ0n) is 9.32. The molecule has 3 nitrogen and oxygen atoms in total. The van der Waals surface area contributed by atoms with Crippen LogP contribution in [0.25, 0.3) is 0 Å². The lowest BCUT2D eigenvalue weighted by atomic mass is 10.2. The molecule has 0 aliphatic carbocycles. The highest BCUT2D eigenvalue weighted by atomic mass is 16.3. The third kappa shape index (κ3) is 3.80. The molecule has 0 fully saturated rings. The third-order valence-electron chi connectivity index (χ3n) is 2.46. The van der Waals surface area contributed by atoms with Gasteiger partial charge in [0.15, 0.2) is 0 Å². The van der Waals surface area contributed by atoms with Gasteiger partial charge in [-0.15, -0.1) is 0 Å². The van der Waals surface area contributed by atoms with Gasteiger partial charge in [-0.3, -0.25) is 0 Å². The molecule has 1 rings (SSSR count). The molecule has 0 unspecified atom stereocenters. The summed E-state index contributed by atoms with van der Waals surface area (Å²) < 4.78 is 0. The van der Waals surface area contributed by atoms with Gasteiger partial charge in [0.05, 0.1) is 0 Å². The van der Waals surface area contributed by atoms with E-state index in [2.05, 4.69) is 11.8 Å². The summed E-state index contributed by atoms with van der Waals surface area (Å²) in [5, 5.41) is 9.38. The number of phenolic OH excluding ortho intramolecular Hbond substituents is 1. The second-order valence-electron chi connectivity index (χ2n) is 3.60. The van der Waals surface area contributed by atoms with Gasteiger partial charge in [0.1, 0.15) is 5.75 Å². The Kier molecular flexibility index (Phi) is 4.98. The van der Waals surface area contributed by atoms with Crippen LogP contribution in [0.4, 0.5) is 5.69 Å². The molecule has 0 aliphatic rings. The minimum atomic E-state index is 0.324. The third-order valence-corrected chi connectivity index (χ3v) is 2.46. The highest BCUT2D eigenvalue weighted by molar-refractivity contribution is 5.50. The van der Waals surface area contributed by atoms with Crippen LogP contribution in [0.15, 0.2) is 24.3 Å². The number of unbranched alkanes of at least 4 members (excludes halogenated alkanes) is 1. The predicted molar refractivity (Wildman–Crippen MR) is 64.3 cm³/mol. The summed E-state index contributed by atoms with van der Waals surface area (Å²) >= 11 is 0. The van der Waals surface area contributed by atoms with E-state index in [9.17, 15) is 5.11 Å². The summed E-state index contributed by atoms with van der Waals surface area (Å²) in [5.74, 6) is 0.324. The van der Waals surface area contributed by atoms with Gasteiger partial charge >= 0.3 is 0 Å². The topological polar surface area (TPSA) is 49.5 Å². The maximum atomic E-state index is 9.38. The van der Waals surface area contributed by atoms with E-state index in [1.807, 2.05) is 12.1 Å². The molecule has 0 radical (unpaired) electrons. The fraction of sp³-hybridized carbons (Fsp3) is 0.500. The Morgan fingerprint density at radius 2 is 2.13 bits per heavy atom. The smallest absolute Gasteiger partial charge is 0.117 e. The summed E-state index contributed by atoms with van der Waals surface area (Å²) in [6.07, 6.45) is 2.15. The van der Waals surface area contributed by atoms with Crippen LogP contribution in [0.5, 0.6) is 5.75 Å². The fourth-order valence-electron chi connectivity index (χ4n) is 1.61. The minimum Gasteiger partial charge on any atom is -0.508 e. The second kappa shape index (κ2) is 6.30. The van der Waals surface area contributed by atoms with Crippen LogP contribution in [0.1, 0.15) is 19.8 Å². The SMILES string of the molecule is CCN(CCCCN)c1cccc(O)c1. The number of hydrogen-bond donors (Lipinski definition) is 2. The first-order valence-corrected chi connectivity index (χ1v) is 5.52. The molecule has 3 N–H and O–H groups in total. The van der Waals surface area contributed by atoms with Crippen molar-refractivity contribution in [2.24, 2.45) is 5.73 Å². The van der Waals surface area contributed by atoms with Crippen molar-refractivity contribution in [2.45, 2.75) is 19.8 Å². The molecule has 0 aromatic heterocycles. The maximum absolute atomic E-state index is 9.38. The lowest BCUT2D eigenvalue weighted by Gasteiger charge is -2.23. The van der Waals surface area contributed by atoms with Crippen LogP contribution in [0, 0.1) is 0 Å². The van der Waals surface area contributed by atoms with Crippen molar-refractivity contribution in [3.05, 3.63) is 24.3 Å². The van der Waals surface area contributed by atoms with Gasteiger partial charge < -0.3 is 15.7 Å². The van der Waals surface area contributed by atoms with E-state index in [1.165, 1.54) is 0 Å². The number of nitrogens with zero attached hydrogens (tertiary/aromatic N) is 1. The molecule has 0 atom stereocenters. The van der Waals surface area contributed by atoms with Gasteiger partial charge in [0, 0.05) is 24.8 Å². The molecular formula is C12H20N2O. The highest BCUT2D eigenvalue weighted by Crippen LogP contribution is 2.20. The predicted octanol–water partition coefficient (Wildman–Crippen LogP) is 1.96. The molecule has 0 heterocycles. The molecule has 0 amide bonds. The molecule has 0 saturated carbocycles. The fourth-order valence-corrected chi connectivity index (χ4v) is 1.61. The molecule has 3 heteroatoms. The standard InChI is InChI=1S/C12H20N2O/c1-2-14(9-4-3-8-13)11-6-5-7-12(15)10-11/h5-7,10,15H,2-4,8-9,13H2,1H3. The number of benzene rings is 1. The summed E-state index contributed by atoms with van der Waals surface area (Å²) in [6.45, 7) is 4.81. The minimum absolute atomic E-state index is 0.324. The van der Waals surface area contributed by atoms with Gasteiger partial charge in [0.2, 0.25) is 0 Å². The zero-order valence-corrected chi connectivity index (χ0v) is 9.32. The normalized spacial score (nSPS) is 10.3. The summed E-state index contributed by atoms with van der Waals surface area (Å²) in [4.78, 5) is 2.25. The average molecular weight is 208 g/mol. The molecule has 1 aromatic rings. The van der Waals surface area contributed by atoms with Gasteiger partial charge in [-0.25, -0.2) is 0 Å². The van der Waals surface area contributed by atoms with Crippen LogP contribution in [0.2, 0.25) is 0 Å². The second-order valence-corrected chi connectivity index (χ2v) is 3.60. The van der Waals surface area contributed by atoms with E-state index in [0.29, 0.717) is 5.75 Å². The number of hydrogen-bond acceptors (Lipinski definition) is 3. The van der Waals surface area contributed by atoms with Crippen LogP contribution < -0.4 is 10.6 Å². The Bertz CT molecular complexity index is 289. The maximum Gasteiger partial charge on any atom is 0.117 e. The van der Waals surface area contributed by atoms with Crippen molar-refractivity contribution in [2.75, 3.05) is 24.5 Å². The quantitative estimate of drug-likeness (QED) is 0.703. The van der Waals surface area contributed by atoms with Crippen LogP contribution >= 0.6 is 0 Å². The van der Waals surface area contributed by atoms with Crippen LogP contribution in [-0.4, -0.2) is 24.7 Å². The van der Waals surface area contributed by atoms with Gasteiger partial charge in [0.25, 0.3) is 0 Å². The monoisotopic (exact) mass is 208 g/mol. The first kappa shape index (κ1) is 11.9. The summed E-state index contributed by atoms with van der Waals surface area (Å²) in [6, 6.07) is 7.38. The Morgan fingerprint density at radius 3 is 2.73 bits per heavy atom. The van der Waals surface area contributed by atoms with Crippen molar-refractivity contribution in [3.8, 4) is 5.75 Å². The van der Waals surface area contributed by atoms with Gasteiger partial charge in [-0.2, -0.15) is 0 Å². The Balaban J connectivity index is 2.57. The average Bonchev–Trinajstić information content (AvgIpc) is 2.24. The first-order chi connectivity index (χ1) is 7.27.